The lowest BCUT2D eigenvalue weighted by Gasteiger charge is -2.22. The molecule has 0 bridgehead atoms. The van der Waals surface area contributed by atoms with Crippen molar-refractivity contribution in [3.8, 4) is 17.1 Å². The molecule has 6 aromatic rings. The molecule has 6 rings (SSSR count). The molecule has 0 fully saturated rings. The minimum atomic E-state index is 0.405. The Labute approximate surface area is 223 Å². The average Bonchev–Trinajstić information content (AvgIpc) is 3.49. The van der Waals surface area contributed by atoms with E-state index in [1.54, 1.807) is 0 Å². The standard InChI is InChI=1S/C34H32N2S/c1-22(2)26-13-10-14-27(23(3)4)33(26)36-31-16-9-8-15-30(31)35-34(36)29-21-37-32-20-25(17-18-28(29)32)19-24-11-6-5-7-12-24/h5-18,20-23H,19H2,1-4H3. The van der Waals surface area contributed by atoms with E-state index in [1.807, 2.05) is 11.3 Å². The molecular formula is C34H32N2S. The second kappa shape index (κ2) is 9.64. The molecule has 4 aromatic carbocycles. The fourth-order valence-electron chi connectivity index (χ4n) is 5.39. The summed E-state index contributed by atoms with van der Waals surface area (Å²) in [4.78, 5) is 5.24. The molecular weight excluding hydrogens is 468 g/mol. The molecule has 0 aliphatic rings. The van der Waals surface area contributed by atoms with Crippen LogP contribution < -0.4 is 0 Å². The number of fused-ring (bicyclic) bond motifs is 2. The van der Waals surface area contributed by atoms with Gasteiger partial charge in [0.2, 0.25) is 0 Å². The predicted octanol–water partition coefficient (Wildman–Crippen LogP) is 9.74. The summed E-state index contributed by atoms with van der Waals surface area (Å²) in [6.07, 6.45) is 0.946. The Bertz CT molecular complexity index is 1680. The van der Waals surface area contributed by atoms with Crippen molar-refractivity contribution in [3.05, 3.63) is 119 Å². The number of benzene rings is 4. The summed E-state index contributed by atoms with van der Waals surface area (Å²) < 4.78 is 3.74. The van der Waals surface area contributed by atoms with Crippen molar-refractivity contribution < 1.29 is 0 Å². The van der Waals surface area contributed by atoms with E-state index in [9.17, 15) is 0 Å². The fourth-order valence-corrected chi connectivity index (χ4v) is 6.39. The number of thiophene rings is 1. The molecule has 2 nitrogen and oxygen atoms in total. The van der Waals surface area contributed by atoms with E-state index in [-0.39, 0.29) is 0 Å². The van der Waals surface area contributed by atoms with Crippen molar-refractivity contribution in [1.29, 1.82) is 0 Å². The van der Waals surface area contributed by atoms with E-state index < -0.39 is 0 Å². The lowest BCUT2D eigenvalue weighted by Crippen LogP contribution is -2.08. The molecule has 0 unspecified atom stereocenters. The minimum absolute atomic E-state index is 0.405. The average molecular weight is 501 g/mol. The summed E-state index contributed by atoms with van der Waals surface area (Å²) in [6, 6.07) is 33.0. The number of hydrogen-bond acceptors (Lipinski definition) is 2. The van der Waals surface area contributed by atoms with Crippen LogP contribution in [0.1, 0.15) is 61.8 Å². The van der Waals surface area contributed by atoms with Gasteiger partial charge in [0.1, 0.15) is 5.82 Å². The minimum Gasteiger partial charge on any atom is -0.292 e. The fraction of sp³-hybridized carbons (Fsp3) is 0.206. The topological polar surface area (TPSA) is 17.8 Å². The Morgan fingerprint density at radius 1 is 0.730 bits per heavy atom. The SMILES string of the molecule is CC(C)c1cccc(C(C)C)c1-n1c(-c2csc3cc(Cc4ccccc4)ccc23)nc2ccccc21. The first-order valence-electron chi connectivity index (χ1n) is 13.2. The van der Waals surface area contributed by atoms with Gasteiger partial charge >= 0.3 is 0 Å². The first kappa shape index (κ1) is 23.7. The van der Waals surface area contributed by atoms with Gasteiger partial charge in [-0.3, -0.25) is 4.57 Å². The molecule has 0 aliphatic carbocycles. The van der Waals surface area contributed by atoms with E-state index in [1.165, 1.54) is 43.6 Å². The maximum Gasteiger partial charge on any atom is 0.147 e. The van der Waals surface area contributed by atoms with Crippen molar-refractivity contribution in [2.75, 3.05) is 0 Å². The molecule has 184 valence electrons. The van der Waals surface area contributed by atoms with Crippen LogP contribution in [0.3, 0.4) is 0 Å². The van der Waals surface area contributed by atoms with Gasteiger partial charge in [-0.15, -0.1) is 11.3 Å². The smallest absolute Gasteiger partial charge is 0.147 e. The first-order valence-corrected chi connectivity index (χ1v) is 14.0. The van der Waals surface area contributed by atoms with Crippen LogP contribution in [-0.2, 0) is 6.42 Å². The van der Waals surface area contributed by atoms with Crippen LogP contribution in [0.5, 0.6) is 0 Å². The van der Waals surface area contributed by atoms with Crippen LogP contribution in [0.15, 0.2) is 96.4 Å². The number of hydrogen-bond donors (Lipinski definition) is 0. The molecule has 3 heteroatoms. The molecule has 2 aromatic heterocycles. The first-order chi connectivity index (χ1) is 18.0. The summed E-state index contributed by atoms with van der Waals surface area (Å²) in [5.74, 6) is 1.84. The largest absolute Gasteiger partial charge is 0.292 e. The number of para-hydroxylation sites is 3. The Morgan fingerprint density at radius 2 is 1.43 bits per heavy atom. The molecule has 0 aliphatic heterocycles. The number of nitrogens with zero attached hydrogens (tertiary/aromatic N) is 2. The maximum absolute atomic E-state index is 5.24. The molecule has 0 radical (unpaired) electrons. The van der Waals surface area contributed by atoms with Gasteiger partial charge in [0.25, 0.3) is 0 Å². The Morgan fingerprint density at radius 3 is 2.16 bits per heavy atom. The van der Waals surface area contributed by atoms with Gasteiger partial charge in [0.05, 0.1) is 16.7 Å². The number of imidazole rings is 1. The van der Waals surface area contributed by atoms with Crippen molar-refractivity contribution in [2.24, 2.45) is 0 Å². The number of rotatable bonds is 6. The summed E-state index contributed by atoms with van der Waals surface area (Å²) >= 11 is 1.81. The molecule has 37 heavy (non-hydrogen) atoms. The Hall–Kier alpha value is -3.69. The summed E-state index contributed by atoms with van der Waals surface area (Å²) in [5, 5.41) is 3.56. The number of aromatic nitrogens is 2. The summed E-state index contributed by atoms with van der Waals surface area (Å²) in [7, 11) is 0. The highest BCUT2D eigenvalue weighted by Crippen LogP contribution is 2.40. The molecule has 0 amide bonds. The van der Waals surface area contributed by atoms with Crippen LogP contribution in [0.25, 0.3) is 38.2 Å². The van der Waals surface area contributed by atoms with Crippen LogP contribution in [-0.4, -0.2) is 9.55 Å². The van der Waals surface area contributed by atoms with E-state index in [0.29, 0.717) is 11.8 Å². The van der Waals surface area contributed by atoms with Crippen LogP contribution >= 0.6 is 11.3 Å². The third-order valence-corrected chi connectivity index (χ3v) is 8.20. The monoisotopic (exact) mass is 500 g/mol. The predicted molar refractivity (Wildman–Crippen MR) is 159 cm³/mol. The molecule has 0 saturated heterocycles. The van der Waals surface area contributed by atoms with E-state index in [2.05, 4.69) is 129 Å². The zero-order valence-electron chi connectivity index (χ0n) is 21.9. The quantitative estimate of drug-likeness (QED) is 0.222. The highest BCUT2D eigenvalue weighted by molar-refractivity contribution is 7.17. The maximum atomic E-state index is 5.24. The van der Waals surface area contributed by atoms with Crippen LogP contribution in [0.4, 0.5) is 0 Å². The second-order valence-electron chi connectivity index (χ2n) is 10.5. The lowest BCUT2D eigenvalue weighted by atomic mass is 9.92. The van der Waals surface area contributed by atoms with Crippen molar-refractivity contribution in [2.45, 2.75) is 46.0 Å². The van der Waals surface area contributed by atoms with Gasteiger partial charge in [-0.1, -0.05) is 100 Å². The van der Waals surface area contributed by atoms with Crippen molar-refractivity contribution >= 4 is 32.5 Å². The third kappa shape index (κ3) is 4.28. The normalized spacial score (nSPS) is 11.8. The highest BCUT2D eigenvalue weighted by Gasteiger charge is 2.23. The Balaban J connectivity index is 1.57. The molecule has 0 spiro atoms. The van der Waals surface area contributed by atoms with Gasteiger partial charge in [-0.2, -0.15) is 0 Å². The third-order valence-electron chi connectivity index (χ3n) is 7.26. The second-order valence-corrected chi connectivity index (χ2v) is 11.4. The zero-order valence-corrected chi connectivity index (χ0v) is 22.7. The molecule has 0 saturated carbocycles. The molecule has 2 heterocycles. The van der Waals surface area contributed by atoms with Crippen molar-refractivity contribution in [3.63, 3.8) is 0 Å². The van der Waals surface area contributed by atoms with E-state index in [4.69, 9.17) is 4.98 Å². The van der Waals surface area contributed by atoms with Crippen LogP contribution in [0, 0.1) is 0 Å². The highest BCUT2D eigenvalue weighted by atomic mass is 32.1. The summed E-state index contributed by atoms with van der Waals surface area (Å²) in [5.41, 5.74) is 10.1. The van der Waals surface area contributed by atoms with Gasteiger partial charge < -0.3 is 0 Å². The van der Waals surface area contributed by atoms with Crippen LogP contribution in [0.2, 0.25) is 0 Å². The molecule has 0 N–H and O–H groups in total. The van der Waals surface area contributed by atoms with Gasteiger partial charge in [0.15, 0.2) is 0 Å². The molecule has 0 atom stereocenters. The Kier molecular flexibility index (Phi) is 6.18. The zero-order chi connectivity index (χ0) is 25.5. The van der Waals surface area contributed by atoms with Gasteiger partial charge in [0, 0.05) is 21.0 Å². The van der Waals surface area contributed by atoms with Gasteiger partial charge in [-0.25, -0.2) is 4.98 Å². The summed E-state index contributed by atoms with van der Waals surface area (Å²) in [6.45, 7) is 9.15. The lowest BCUT2D eigenvalue weighted by molar-refractivity contribution is 0.811. The van der Waals surface area contributed by atoms with E-state index in [0.717, 1.165) is 23.3 Å². The van der Waals surface area contributed by atoms with Gasteiger partial charge in [-0.05, 0) is 58.7 Å². The van der Waals surface area contributed by atoms with Crippen molar-refractivity contribution in [1.82, 2.24) is 9.55 Å². The van der Waals surface area contributed by atoms with E-state index >= 15 is 0 Å².